The molecule has 0 saturated carbocycles. The number of rotatable bonds is 5. The van der Waals surface area contributed by atoms with Crippen molar-refractivity contribution >= 4 is 11.6 Å². The van der Waals surface area contributed by atoms with Crippen molar-refractivity contribution in [3.8, 4) is 11.5 Å². The molecule has 2 aromatic rings. The van der Waals surface area contributed by atoms with E-state index in [1.807, 2.05) is 32.0 Å². The van der Waals surface area contributed by atoms with Gasteiger partial charge in [-0.05, 0) is 43.5 Å². The molecule has 2 aromatic carbocycles. The topological polar surface area (TPSA) is 35.2 Å². The van der Waals surface area contributed by atoms with Crippen LogP contribution in [0.25, 0.3) is 0 Å². The summed E-state index contributed by atoms with van der Waals surface area (Å²) in [4.78, 5) is 0. The summed E-state index contributed by atoms with van der Waals surface area (Å²) in [6.07, 6.45) is 1.48. The first-order valence-electron chi connectivity index (χ1n) is 6.98. The Morgan fingerprint density at radius 3 is 2.71 bits per heavy atom. The van der Waals surface area contributed by atoms with Gasteiger partial charge >= 0.3 is 0 Å². The molecule has 0 aliphatic heterocycles. The summed E-state index contributed by atoms with van der Waals surface area (Å²) in [7, 11) is 0. The molecule has 1 unspecified atom stereocenters. The zero-order valence-corrected chi connectivity index (χ0v) is 13.0. The Kier molecular flexibility index (Phi) is 5.21. The lowest BCUT2D eigenvalue weighted by molar-refractivity contribution is 0.463. The second kappa shape index (κ2) is 6.92. The summed E-state index contributed by atoms with van der Waals surface area (Å²) in [6.45, 7) is 3.90. The van der Waals surface area contributed by atoms with E-state index in [-0.39, 0.29) is 11.9 Å². The van der Waals surface area contributed by atoms with E-state index in [1.54, 1.807) is 6.07 Å². The molecule has 0 spiro atoms. The fraction of sp³-hybridized carbons (Fsp3) is 0.294. The average Bonchev–Trinajstić information content (AvgIpc) is 2.46. The van der Waals surface area contributed by atoms with Crippen molar-refractivity contribution < 1.29 is 9.13 Å². The van der Waals surface area contributed by atoms with Crippen molar-refractivity contribution in [2.45, 2.75) is 32.7 Å². The van der Waals surface area contributed by atoms with Gasteiger partial charge in [-0.1, -0.05) is 30.7 Å². The van der Waals surface area contributed by atoms with Crippen LogP contribution in [0, 0.1) is 12.7 Å². The van der Waals surface area contributed by atoms with E-state index in [0.717, 1.165) is 17.5 Å². The van der Waals surface area contributed by atoms with Gasteiger partial charge in [-0.2, -0.15) is 0 Å². The molecule has 0 aliphatic rings. The molecule has 2 nitrogen and oxygen atoms in total. The van der Waals surface area contributed by atoms with Crippen LogP contribution in [-0.4, -0.2) is 6.04 Å². The van der Waals surface area contributed by atoms with Crippen molar-refractivity contribution in [1.82, 2.24) is 0 Å². The van der Waals surface area contributed by atoms with Crippen LogP contribution in [0.4, 0.5) is 4.39 Å². The zero-order chi connectivity index (χ0) is 15.4. The predicted molar refractivity (Wildman–Crippen MR) is 84.6 cm³/mol. The standard InChI is InChI=1S/C17H19ClFNO/c1-3-13(20)10-14-15(18)5-4-6-16(14)21-17-9-12(19)8-7-11(17)2/h4-9,13H,3,10,20H2,1-2H3. The van der Waals surface area contributed by atoms with Crippen molar-refractivity contribution in [2.24, 2.45) is 5.73 Å². The Hall–Kier alpha value is -1.58. The SMILES string of the molecule is CCC(N)Cc1c(Cl)cccc1Oc1cc(F)ccc1C. The summed E-state index contributed by atoms with van der Waals surface area (Å²) in [5, 5.41) is 0.616. The fourth-order valence-corrected chi connectivity index (χ4v) is 2.28. The summed E-state index contributed by atoms with van der Waals surface area (Å²) in [5.41, 5.74) is 7.74. The number of hydrogen-bond donors (Lipinski definition) is 1. The van der Waals surface area contributed by atoms with Crippen LogP contribution in [0.15, 0.2) is 36.4 Å². The number of ether oxygens (including phenoxy) is 1. The Morgan fingerprint density at radius 1 is 1.24 bits per heavy atom. The molecule has 0 amide bonds. The number of halogens is 2. The maximum atomic E-state index is 13.4. The summed E-state index contributed by atoms with van der Waals surface area (Å²) >= 11 is 6.26. The van der Waals surface area contributed by atoms with Crippen LogP contribution >= 0.6 is 11.6 Å². The average molecular weight is 308 g/mol. The fourth-order valence-electron chi connectivity index (χ4n) is 2.04. The molecule has 0 heterocycles. The Balaban J connectivity index is 2.35. The van der Waals surface area contributed by atoms with E-state index in [0.29, 0.717) is 22.9 Å². The summed E-state index contributed by atoms with van der Waals surface area (Å²) in [6, 6.07) is 9.94. The maximum absolute atomic E-state index is 13.4. The maximum Gasteiger partial charge on any atom is 0.133 e. The minimum Gasteiger partial charge on any atom is -0.457 e. The third-order valence-electron chi connectivity index (χ3n) is 3.44. The van der Waals surface area contributed by atoms with Gasteiger partial charge in [0.15, 0.2) is 0 Å². The van der Waals surface area contributed by atoms with Crippen LogP contribution in [0.3, 0.4) is 0 Å². The van der Waals surface area contributed by atoms with Crippen LogP contribution in [0.5, 0.6) is 11.5 Å². The second-order valence-electron chi connectivity index (χ2n) is 5.10. The lowest BCUT2D eigenvalue weighted by Crippen LogP contribution is -2.21. The van der Waals surface area contributed by atoms with Gasteiger partial charge in [0.05, 0.1) is 0 Å². The summed E-state index contributed by atoms with van der Waals surface area (Å²) in [5.74, 6) is 0.785. The molecular weight excluding hydrogens is 289 g/mol. The van der Waals surface area contributed by atoms with Crippen LogP contribution in [0.2, 0.25) is 5.02 Å². The Morgan fingerprint density at radius 2 is 2.00 bits per heavy atom. The van der Waals surface area contributed by atoms with Crippen molar-refractivity contribution in [3.63, 3.8) is 0 Å². The van der Waals surface area contributed by atoms with Gasteiger partial charge in [0, 0.05) is 22.7 Å². The van der Waals surface area contributed by atoms with Crippen molar-refractivity contribution in [1.29, 1.82) is 0 Å². The third kappa shape index (κ3) is 3.96. The molecule has 0 aliphatic carbocycles. The van der Waals surface area contributed by atoms with E-state index in [1.165, 1.54) is 12.1 Å². The molecular formula is C17H19ClFNO. The Labute approximate surface area is 129 Å². The Bertz CT molecular complexity index is 630. The number of hydrogen-bond acceptors (Lipinski definition) is 2. The highest BCUT2D eigenvalue weighted by atomic mass is 35.5. The monoisotopic (exact) mass is 307 g/mol. The number of nitrogens with two attached hydrogens (primary N) is 1. The predicted octanol–water partition coefficient (Wildman–Crippen LogP) is 4.86. The molecule has 1 atom stereocenters. The molecule has 2 rings (SSSR count). The van der Waals surface area contributed by atoms with Gasteiger partial charge < -0.3 is 10.5 Å². The second-order valence-corrected chi connectivity index (χ2v) is 5.51. The largest absolute Gasteiger partial charge is 0.457 e. The lowest BCUT2D eigenvalue weighted by atomic mass is 10.0. The molecule has 0 aromatic heterocycles. The molecule has 0 saturated heterocycles. The molecule has 112 valence electrons. The molecule has 0 radical (unpaired) electrons. The molecule has 4 heteroatoms. The van der Waals surface area contributed by atoms with Crippen LogP contribution in [-0.2, 0) is 6.42 Å². The van der Waals surface area contributed by atoms with Crippen molar-refractivity contribution in [3.05, 3.63) is 58.4 Å². The van der Waals surface area contributed by atoms with Crippen LogP contribution in [0.1, 0.15) is 24.5 Å². The van der Waals surface area contributed by atoms with E-state index in [4.69, 9.17) is 22.1 Å². The minimum atomic E-state index is -0.329. The van der Waals surface area contributed by atoms with E-state index in [9.17, 15) is 4.39 Å². The molecule has 21 heavy (non-hydrogen) atoms. The highest BCUT2D eigenvalue weighted by molar-refractivity contribution is 6.31. The zero-order valence-electron chi connectivity index (χ0n) is 12.2. The normalized spacial score (nSPS) is 12.2. The quantitative estimate of drug-likeness (QED) is 0.856. The van der Waals surface area contributed by atoms with Crippen LogP contribution < -0.4 is 10.5 Å². The number of benzene rings is 2. The molecule has 0 bridgehead atoms. The minimum absolute atomic E-state index is 0.0147. The first kappa shape index (κ1) is 15.8. The van der Waals surface area contributed by atoms with Gasteiger partial charge in [-0.15, -0.1) is 0 Å². The van der Waals surface area contributed by atoms with E-state index in [2.05, 4.69) is 0 Å². The van der Waals surface area contributed by atoms with Gasteiger partial charge in [0.1, 0.15) is 17.3 Å². The van der Waals surface area contributed by atoms with Gasteiger partial charge in [-0.3, -0.25) is 0 Å². The highest BCUT2D eigenvalue weighted by Gasteiger charge is 2.13. The summed E-state index contributed by atoms with van der Waals surface area (Å²) < 4.78 is 19.2. The van der Waals surface area contributed by atoms with E-state index < -0.39 is 0 Å². The van der Waals surface area contributed by atoms with E-state index >= 15 is 0 Å². The molecule has 2 N–H and O–H groups in total. The first-order chi connectivity index (χ1) is 10.0. The van der Waals surface area contributed by atoms with Gasteiger partial charge in [0.2, 0.25) is 0 Å². The third-order valence-corrected chi connectivity index (χ3v) is 3.79. The van der Waals surface area contributed by atoms with Gasteiger partial charge in [0.25, 0.3) is 0 Å². The van der Waals surface area contributed by atoms with Crippen molar-refractivity contribution in [2.75, 3.05) is 0 Å². The first-order valence-corrected chi connectivity index (χ1v) is 7.36. The molecule has 0 fully saturated rings. The lowest BCUT2D eigenvalue weighted by Gasteiger charge is -2.16. The highest BCUT2D eigenvalue weighted by Crippen LogP contribution is 2.33. The smallest absolute Gasteiger partial charge is 0.133 e. The number of aryl methyl sites for hydroxylation is 1. The van der Waals surface area contributed by atoms with Gasteiger partial charge in [-0.25, -0.2) is 4.39 Å².